The van der Waals surface area contributed by atoms with Gasteiger partial charge in [-0.2, -0.15) is 0 Å². The number of carbonyl (C=O) groups excluding carboxylic acids is 1. The number of rotatable bonds is 4. The van der Waals surface area contributed by atoms with E-state index >= 15 is 0 Å². The second-order valence-corrected chi connectivity index (χ2v) is 7.78. The molecular weight excluding hydrogens is 377 g/mol. The molecule has 30 heavy (non-hydrogen) atoms. The molecule has 4 heteroatoms. The van der Waals surface area contributed by atoms with Crippen molar-refractivity contribution in [3.63, 3.8) is 0 Å². The van der Waals surface area contributed by atoms with Gasteiger partial charge in [0.1, 0.15) is 5.82 Å². The summed E-state index contributed by atoms with van der Waals surface area (Å²) in [7, 11) is 0. The molecule has 0 bridgehead atoms. The SMILES string of the molecule is Cc1cccc(Cn2cc(C(=O)c3ccc(C)c(C)c3)c(=O)c3ccc(F)cc32)c1. The monoisotopic (exact) mass is 399 g/mol. The lowest BCUT2D eigenvalue weighted by Crippen LogP contribution is -2.20. The fourth-order valence-corrected chi connectivity index (χ4v) is 3.70. The summed E-state index contributed by atoms with van der Waals surface area (Å²) in [5.74, 6) is -0.750. The van der Waals surface area contributed by atoms with E-state index in [-0.39, 0.29) is 16.8 Å². The Morgan fingerprint density at radius 2 is 1.73 bits per heavy atom. The van der Waals surface area contributed by atoms with E-state index in [1.54, 1.807) is 22.9 Å². The average Bonchev–Trinajstić information content (AvgIpc) is 2.71. The number of pyridine rings is 1. The first-order chi connectivity index (χ1) is 14.3. The minimum atomic E-state index is -0.423. The summed E-state index contributed by atoms with van der Waals surface area (Å²) in [6.45, 7) is 6.34. The van der Waals surface area contributed by atoms with Crippen LogP contribution in [0.1, 0.15) is 38.2 Å². The summed E-state index contributed by atoms with van der Waals surface area (Å²) in [6, 6.07) is 17.4. The van der Waals surface area contributed by atoms with Crippen LogP contribution in [0.2, 0.25) is 0 Å². The van der Waals surface area contributed by atoms with Crippen LogP contribution in [-0.2, 0) is 6.54 Å². The van der Waals surface area contributed by atoms with E-state index in [0.29, 0.717) is 23.0 Å². The molecule has 0 atom stereocenters. The first kappa shape index (κ1) is 19.8. The summed E-state index contributed by atoms with van der Waals surface area (Å²) in [4.78, 5) is 26.3. The predicted molar refractivity (Wildman–Crippen MR) is 118 cm³/mol. The summed E-state index contributed by atoms with van der Waals surface area (Å²) in [5, 5.41) is 0.332. The smallest absolute Gasteiger partial charge is 0.200 e. The summed E-state index contributed by atoms with van der Waals surface area (Å²) < 4.78 is 15.8. The van der Waals surface area contributed by atoms with Crippen molar-refractivity contribution in [3.8, 4) is 0 Å². The minimum absolute atomic E-state index is 0.0880. The van der Waals surface area contributed by atoms with Gasteiger partial charge >= 0.3 is 0 Å². The Kier molecular flexibility index (Phi) is 5.08. The molecule has 0 aliphatic rings. The topological polar surface area (TPSA) is 39.1 Å². The largest absolute Gasteiger partial charge is 0.342 e. The van der Waals surface area contributed by atoms with E-state index in [1.165, 1.54) is 18.2 Å². The van der Waals surface area contributed by atoms with Crippen LogP contribution in [-0.4, -0.2) is 10.4 Å². The number of ketones is 1. The molecule has 3 nitrogen and oxygen atoms in total. The molecule has 0 amide bonds. The van der Waals surface area contributed by atoms with Crippen LogP contribution in [0.25, 0.3) is 10.9 Å². The number of aromatic nitrogens is 1. The van der Waals surface area contributed by atoms with Crippen molar-refractivity contribution in [2.24, 2.45) is 0 Å². The van der Waals surface area contributed by atoms with Crippen molar-refractivity contribution in [3.05, 3.63) is 116 Å². The molecule has 0 aliphatic carbocycles. The molecule has 3 aromatic carbocycles. The lowest BCUT2D eigenvalue weighted by atomic mass is 9.98. The van der Waals surface area contributed by atoms with Crippen LogP contribution in [0, 0.1) is 26.6 Å². The third kappa shape index (κ3) is 3.69. The Balaban J connectivity index is 1.91. The molecule has 4 aromatic rings. The molecule has 1 aromatic heterocycles. The maximum absolute atomic E-state index is 14.0. The summed E-state index contributed by atoms with van der Waals surface area (Å²) in [6.07, 6.45) is 1.56. The number of hydrogen-bond donors (Lipinski definition) is 0. The third-order valence-electron chi connectivity index (χ3n) is 5.49. The Bertz CT molecular complexity index is 1350. The quantitative estimate of drug-likeness (QED) is 0.434. The van der Waals surface area contributed by atoms with Crippen molar-refractivity contribution in [2.45, 2.75) is 27.3 Å². The van der Waals surface area contributed by atoms with Crippen LogP contribution >= 0.6 is 0 Å². The molecule has 1 heterocycles. The molecule has 0 unspecified atom stereocenters. The van der Waals surface area contributed by atoms with Crippen LogP contribution < -0.4 is 5.43 Å². The van der Waals surface area contributed by atoms with Gasteiger partial charge in [0.15, 0.2) is 5.78 Å². The van der Waals surface area contributed by atoms with Crippen molar-refractivity contribution >= 4 is 16.7 Å². The molecular formula is C26H22FNO2. The Morgan fingerprint density at radius 1 is 0.933 bits per heavy atom. The number of nitrogens with zero attached hydrogens (tertiary/aromatic N) is 1. The zero-order valence-corrected chi connectivity index (χ0v) is 17.2. The zero-order chi connectivity index (χ0) is 21.4. The second-order valence-electron chi connectivity index (χ2n) is 7.78. The van der Waals surface area contributed by atoms with E-state index in [0.717, 1.165) is 22.3 Å². The van der Waals surface area contributed by atoms with Gasteiger partial charge in [0.2, 0.25) is 5.43 Å². The highest BCUT2D eigenvalue weighted by Crippen LogP contribution is 2.19. The number of halogens is 1. The molecule has 4 rings (SSSR count). The molecule has 150 valence electrons. The van der Waals surface area contributed by atoms with Gasteiger partial charge in [0, 0.05) is 23.7 Å². The molecule has 0 saturated heterocycles. The third-order valence-corrected chi connectivity index (χ3v) is 5.49. The zero-order valence-electron chi connectivity index (χ0n) is 17.2. The van der Waals surface area contributed by atoms with Gasteiger partial charge in [-0.15, -0.1) is 0 Å². The number of fused-ring (bicyclic) bond motifs is 1. The second kappa shape index (κ2) is 7.71. The van der Waals surface area contributed by atoms with Gasteiger partial charge in [-0.25, -0.2) is 4.39 Å². The van der Waals surface area contributed by atoms with Gasteiger partial charge in [-0.1, -0.05) is 42.0 Å². The van der Waals surface area contributed by atoms with Gasteiger partial charge in [-0.05, 0) is 61.7 Å². The molecule has 0 radical (unpaired) electrons. The number of aryl methyl sites for hydroxylation is 3. The number of hydrogen-bond acceptors (Lipinski definition) is 2. The van der Waals surface area contributed by atoms with E-state index in [1.807, 2.05) is 51.1 Å². The van der Waals surface area contributed by atoms with E-state index < -0.39 is 5.82 Å². The Morgan fingerprint density at radius 3 is 2.47 bits per heavy atom. The normalized spacial score (nSPS) is 11.1. The highest BCUT2D eigenvalue weighted by atomic mass is 19.1. The van der Waals surface area contributed by atoms with Crippen LogP contribution in [0.5, 0.6) is 0 Å². The Labute approximate surface area is 174 Å². The first-order valence-electron chi connectivity index (χ1n) is 9.83. The minimum Gasteiger partial charge on any atom is -0.342 e. The molecule has 0 saturated carbocycles. The molecule has 0 N–H and O–H groups in total. The lowest BCUT2D eigenvalue weighted by molar-refractivity contribution is 0.103. The Hall–Kier alpha value is -3.53. The molecule has 0 fully saturated rings. The van der Waals surface area contributed by atoms with Crippen molar-refractivity contribution in [1.82, 2.24) is 4.57 Å². The van der Waals surface area contributed by atoms with E-state index in [4.69, 9.17) is 0 Å². The standard InChI is InChI=1S/C26H22FNO2/c1-16-5-4-6-19(11-16)14-28-15-23(25(29)20-8-7-17(2)18(3)12-20)26(30)22-10-9-21(27)13-24(22)28/h4-13,15H,14H2,1-3H3. The predicted octanol–water partition coefficient (Wildman–Crippen LogP) is 5.35. The fourth-order valence-electron chi connectivity index (χ4n) is 3.70. The average molecular weight is 399 g/mol. The van der Waals surface area contributed by atoms with Crippen molar-refractivity contribution in [2.75, 3.05) is 0 Å². The number of carbonyl (C=O) groups is 1. The highest BCUT2D eigenvalue weighted by Gasteiger charge is 2.18. The summed E-state index contributed by atoms with van der Waals surface area (Å²) in [5.41, 5.74) is 4.83. The van der Waals surface area contributed by atoms with Gasteiger partial charge in [0.25, 0.3) is 0 Å². The van der Waals surface area contributed by atoms with Gasteiger partial charge in [-0.3, -0.25) is 9.59 Å². The van der Waals surface area contributed by atoms with Crippen molar-refractivity contribution < 1.29 is 9.18 Å². The highest BCUT2D eigenvalue weighted by molar-refractivity contribution is 6.10. The maximum atomic E-state index is 14.0. The van der Waals surface area contributed by atoms with E-state index in [9.17, 15) is 14.0 Å². The fraction of sp³-hybridized carbons (Fsp3) is 0.154. The molecule has 0 spiro atoms. The van der Waals surface area contributed by atoms with Gasteiger partial charge in [0.05, 0.1) is 11.1 Å². The van der Waals surface area contributed by atoms with Crippen LogP contribution in [0.15, 0.2) is 71.7 Å². The van der Waals surface area contributed by atoms with Crippen LogP contribution in [0.3, 0.4) is 0 Å². The summed E-state index contributed by atoms with van der Waals surface area (Å²) >= 11 is 0. The maximum Gasteiger partial charge on any atom is 0.200 e. The first-order valence-corrected chi connectivity index (χ1v) is 9.83. The van der Waals surface area contributed by atoms with Gasteiger partial charge < -0.3 is 4.57 Å². The van der Waals surface area contributed by atoms with Crippen molar-refractivity contribution in [1.29, 1.82) is 0 Å². The van der Waals surface area contributed by atoms with E-state index in [2.05, 4.69) is 0 Å². The molecule has 0 aliphatic heterocycles. The number of benzene rings is 3. The van der Waals surface area contributed by atoms with Crippen LogP contribution in [0.4, 0.5) is 4.39 Å². The lowest BCUT2D eigenvalue weighted by Gasteiger charge is -2.14.